The second kappa shape index (κ2) is 25.4. The van der Waals surface area contributed by atoms with Crippen LogP contribution in [0.1, 0.15) is 63.8 Å². The van der Waals surface area contributed by atoms with Crippen LogP contribution in [0.5, 0.6) is 0 Å². The van der Waals surface area contributed by atoms with E-state index in [0.717, 1.165) is 189 Å². The summed E-state index contributed by atoms with van der Waals surface area (Å²) in [7, 11) is 0. The maximum atomic E-state index is 10.7. The molecule has 0 fully saturated rings. The van der Waals surface area contributed by atoms with Gasteiger partial charge >= 0.3 is 0 Å². The number of aromatic nitrogens is 3. The lowest BCUT2D eigenvalue weighted by Crippen LogP contribution is -2.61. The monoisotopic (exact) mass is 1470 g/mol. The molecule has 20 aromatic rings. The van der Waals surface area contributed by atoms with E-state index in [-0.39, 0.29) is 10.8 Å². The lowest BCUT2D eigenvalue weighted by molar-refractivity contribution is 0.590. The summed E-state index contributed by atoms with van der Waals surface area (Å²) in [6.07, 6.45) is 0. The molecule has 8 nitrogen and oxygen atoms in total. The van der Waals surface area contributed by atoms with Gasteiger partial charge in [0, 0.05) is 88.4 Å². The quantitative estimate of drug-likeness (QED) is 0.135. The number of nitriles is 2. The van der Waals surface area contributed by atoms with Crippen LogP contribution in [0.15, 0.2) is 344 Å². The fraction of sp³-hybridized carbons (Fsp3) is 0.0755. The van der Waals surface area contributed by atoms with Gasteiger partial charge in [-0.1, -0.05) is 272 Å². The molecule has 0 radical (unpaired) electrons. The second-order valence-electron chi connectivity index (χ2n) is 32.9. The van der Waals surface area contributed by atoms with Crippen molar-refractivity contribution in [2.45, 2.75) is 52.4 Å². The molecule has 542 valence electrons. The van der Waals surface area contributed by atoms with Gasteiger partial charge in [-0.2, -0.15) is 10.5 Å². The van der Waals surface area contributed by atoms with Crippen LogP contribution in [0.25, 0.3) is 149 Å². The summed E-state index contributed by atoms with van der Waals surface area (Å²) in [4.78, 5) is 5.29. The van der Waals surface area contributed by atoms with Gasteiger partial charge in [0.25, 0.3) is 6.71 Å². The topological polar surface area (TPSA) is 82.0 Å². The van der Waals surface area contributed by atoms with E-state index in [2.05, 4.69) is 399 Å². The Morgan fingerprint density at radius 1 is 0.296 bits per heavy atom. The minimum absolute atomic E-state index is 0.150. The van der Waals surface area contributed by atoms with Crippen molar-refractivity contribution in [2.75, 3.05) is 9.80 Å². The Labute approximate surface area is 666 Å². The minimum atomic E-state index is -0.523. The fourth-order valence-electron chi connectivity index (χ4n) is 19.1. The van der Waals surface area contributed by atoms with Crippen molar-refractivity contribution in [3.63, 3.8) is 0 Å². The maximum Gasteiger partial charge on any atom is 0.257 e. The summed E-state index contributed by atoms with van der Waals surface area (Å²) in [5.41, 5.74) is 31.6. The second-order valence-corrected chi connectivity index (χ2v) is 32.9. The first-order valence-electron chi connectivity index (χ1n) is 39.6. The van der Waals surface area contributed by atoms with Crippen molar-refractivity contribution in [1.82, 2.24) is 13.7 Å². The SMILES string of the molecule is CC(C)(C)c1ccc2c(c1)c1cc(C(C)(C)C)ccc1n2-c1cc2c3c(c1)N(c1c(-c4ccccc4)cccc1-c1ccccc1)c1cc(-n4c5ccccc5c5cc(C#N)ccc54)c4c(oc5ccccc54)c1B3c1ccc(-n3c4ccccc4c4cc(C#N)ccc43)cc1N2c1c(-c2ccccc2)cccc1-c1ccccc1. The van der Waals surface area contributed by atoms with Crippen LogP contribution in [0.4, 0.5) is 34.1 Å². The number of nitrogens with zero attached hydrogens (tertiary/aromatic N) is 7. The molecular weight excluding hydrogens is 1400 g/mol. The molecule has 0 amide bonds. The molecule has 0 saturated heterocycles. The van der Waals surface area contributed by atoms with E-state index in [0.29, 0.717) is 11.1 Å². The zero-order chi connectivity index (χ0) is 77.3. The molecule has 22 rings (SSSR count). The number of anilines is 6. The highest BCUT2D eigenvalue weighted by Crippen LogP contribution is 2.56. The molecule has 0 saturated carbocycles. The summed E-state index contributed by atoms with van der Waals surface area (Å²) >= 11 is 0. The van der Waals surface area contributed by atoms with Gasteiger partial charge in [-0.15, -0.1) is 0 Å². The smallest absolute Gasteiger partial charge is 0.257 e. The third-order valence-corrected chi connectivity index (χ3v) is 24.3. The number of rotatable bonds is 9. The summed E-state index contributed by atoms with van der Waals surface area (Å²) < 4.78 is 15.4. The predicted molar refractivity (Wildman–Crippen MR) is 479 cm³/mol. The van der Waals surface area contributed by atoms with Gasteiger partial charge in [-0.3, -0.25) is 0 Å². The van der Waals surface area contributed by atoms with E-state index in [1.807, 2.05) is 18.2 Å². The Morgan fingerprint density at radius 3 is 1.16 bits per heavy atom. The molecular formula is C106H74BN7O. The molecule has 4 aromatic heterocycles. The highest BCUT2D eigenvalue weighted by atomic mass is 16.3. The average molecular weight is 1470 g/mol. The molecule has 0 spiro atoms. The van der Waals surface area contributed by atoms with Gasteiger partial charge in [-0.05, 0) is 170 Å². The van der Waals surface area contributed by atoms with E-state index in [1.165, 1.54) is 21.9 Å². The summed E-state index contributed by atoms with van der Waals surface area (Å²) in [5, 5.41) is 29.7. The van der Waals surface area contributed by atoms with Gasteiger partial charge in [0.1, 0.15) is 11.2 Å². The van der Waals surface area contributed by atoms with E-state index in [1.54, 1.807) is 0 Å². The lowest BCUT2D eigenvalue weighted by atomic mass is 9.33. The largest absolute Gasteiger partial charge is 0.456 e. The first-order chi connectivity index (χ1) is 56.3. The van der Waals surface area contributed by atoms with Crippen molar-refractivity contribution in [3.05, 3.63) is 362 Å². The van der Waals surface area contributed by atoms with Crippen LogP contribution < -0.4 is 26.2 Å². The highest BCUT2D eigenvalue weighted by molar-refractivity contribution is 7.01. The summed E-state index contributed by atoms with van der Waals surface area (Å²) in [6, 6.07) is 130. The Hall–Kier alpha value is -14.6. The van der Waals surface area contributed by atoms with Crippen LogP contribution in [0.2, 0.25) is 0 Å². The first kappa shape index (κ1) is 67.3. The molecule has 2 aliphatic heterocycles. The molecule has 6 heterocycles. The zero-order valence-corrected chi connectivity index (χ0v) is 64.4. The minimum Gasteiger partial charge on any atom is -0.456 e. The third kappa shape index (κ3) is 10.2. The van der Waals surface area contributed by atoms with Crippen molar-refractivity contribution in [2.24, 2.45) is 0 Å². The number of fused-ring (bicyclic) bond motifs is 17. The standard InChI is InChI=1S/C106H74BN7O/c1-105(2,3)71-47-53-90-84(57-71)85-58-72(106(4,5)6)48-54-91(85)111(90)74-60-95-100-96(61-74)114(103-77(69-31-15-9-16-32-69)40-26-41-78(103)70-33-17-10-18-34-70)97-62-94(112-88-43-23-20-36-80(88)83-56-66(64-109)46-52-92(83)112)99-81-37-21-24-44-98(81)115-104(99)101(97)107(100)86-50-49-73(110-87-42-22-19-35-79(87)82-55-65(63-108)45-51-89(82)110)59-93(86)113(95)102-75(67-27-11-7-12-28-67)38-25-39-76(102)68-29-13-8-14-30-68/h7-62H,1-6H3. The van der Waals surface area contributed by atoms with E-state index >= 15 is 0 Å². The number of hydrogen-bond acceptors (Lipinski definition) is 5. The molecule has 0 atom stereocenters. The molecule has 9 heteroatoms. The summed E-state index contributed by atoms with van der Waals surface area (Å²) in [5.74, 6) is 0. The van der Waals surface area contributed by atoms with Crippen molar-refractivity contribution < 1.29 is 4.42 Å². The Morgan fingerprint density at radius 2 is 0.678 bits per heavy atom. The van der Waals surface area contributed by atoms with Crippen LogP contribution >= 0.6 is 0 Å². The number of hydrogen-bond donors (Lipinski definition) is 0. The Kier molecular flexibility index (Phi) is 14.9. The normalized spacial score (nSPS) is 12.7. The van der Waals surface area contributed by atoms with Crippen molar-refractivity contribution in [1.29, 1.82) is 10.5 Å². The van der Waals surface area contributed by atoms with Crippen LogP contribution in [-0.4, -0.2) is 20.4 Å². The molecule has 0 unspecified atom stereocenters. The van der Waals surface area contributed by atoms with Crippen LogP contribution in [0, 0.1) is 22.7 Å². The fourth-order valence-corrected chi connectivity index (χ4v) is 19.1. The van der Waals surface area contributed by atoms with Gasteiger partial charge in [0.2, 0.25) is 0 Å². The lowest BCUT2D eigenvalue weighted by Gasteiger charge is -2.46. The van der Waals surface area contributed by atoms with Crippen molar-refractivity contribution >= 4 is 145 Å². The molecule has 115 heavy (non-hydrogen) atoms. The molecule has 0 aliphatic carbocycles. The summed E-state index contributed by atoms with van der Waals surface area (Å²) in [6.45, 7) is 13.4. The molecule has 2 aliphatic rings. The van der Waals surface area contributed by atoms with E-state index in [9.17, 15) is 10.5 Å². The van der Waals surface area contributed by atoms with Gasteiger partial charge in [0.05, 0.1) is 84.5 Å². The van der Waals surface area contributed by atoms with Gasteiger partial charge in [0.15, 0.2) is 0 Å². The zero-order valence-electron chi connectivity index (χ0n) is 64.4. The number of para-hydroxylation sites is 5. The van der Waals surface area contributed by atoms with Crippen molar-refractivity contribution in [3.8, 4) is 73.7 Å². The predicted octanol–water partition coefficient (Wildman–Crippen LogP) is 26.0. The molecule has 0 bridgehead atoms. The van der Waals surface area contributed by atoms with Gasteiger partial charge < -0.3 is 27.9 Å². The average Bonchev–Trinajstić information content (AvgIpc) is 1.57. The van der Waals surface area contributed by atoms with Crippen LogP contribution in [-0.2, 0) is 10.8 Å². The maximum absolute atomic E-state index is 10.7. The number of furan rings is 1. The highest BCUT2D eigenvalue weighted by Gasteiger charge is 2.48. The van der Waals surface area contributed by atoms with Crippen LogP contribution in [0.3, 0.4) is 0 Å². The Bertz CT molecular complexity index is 7380. The van der Waals surface area contributed by atoms with E-state index in [4.69, 9.17) is 4.42 Å². The van der Waals surface area contributed by atoms with Gasteiger partial charge in [-0.25, -0.2) is 0 Å². The molecule has 0 N–H and O–H groups in total. The first-order valence-corrected chi connectivity index (χ1v) is 39.6. The Balaban J connectivity index is 0.983. The van der Waals surface area contributed by atoms with E-state index < -0.39 is 6.71 Å². The number of benzene rings is 16. The molecule has 16 aromatic carbocycles. The third-order valence-electron chi connectivity index (χ3n) is 24.3.